The molecule has 0 bridgehead atoms. The summed E-state index contributed by atoms with van der Waals surface area (Å²) in [7, 11) is 0. The van der Waals surface area contributed by atoms with Gasteiger partial charge in [-0.2, -0.15) is 0 Å². The summed E-state index contributed by atoms with van der Waals surface area (Å²) in [6.07, 6.45) is 6.19. The Kier molecular flexibility index (Phi) is 5.30. The Hall–Kier alpha value is -2.53. The van der Waals surface area contributed by atoms with Gasteiger partial charge in [0.05, 0.1) is 5.69 Å². The van der Waals surface area contributed by atoms with Gasteiger partial charge < -0.3 is 4.90 Å². The molecule has 138 valence electrons. The molecule has 1 atom stereocenters. The van der Waals surface area contributed by atoms with Gasteiger partial charge >= 0.3 is 0 Å². The highest BCUT2D eigenvalue weighted by Gasteiger charge is 2.30. The van der Waals surface area contributed by atoms with Crippen LogP contribution in [0, 0.1) is 5.92 Å². The van der Waals surface area contributed by atoms with Gasteiger partial charge in [-0.3, -0.25) is 9.78 Å². The van der Waals surface area contributed by atoms with E-state index in [1.807, 2.05) is 41.4 Å². The maximum Gasteiger partial charge on any atom is 0.226 e. The molecule has 27 heavy (non-hydrogen) atoms. The standard InChI is InChI=1S/C22H23N3OS/c1-2-25(15-16-7-4-3-5-8-16)22(26)17-10-11-19-20(13-17)27-21(24-19)18-9-6-12-23-14-18/h3-9,12,14,17H,2,10-11,13,15H2,1H3. The lowest BCUT2D eigenvalue weighted by Crippen LogP contribution is -2.37. The summed E-state index contributed by atoms with van der Waals surface area (Å²) in [5.41, 5.74) is 3.40. The molecular weight excluding hydrogens is 354 g/mol. The largest absolute Gasteiger partial charge is 0.338 e. The van der Waals surface area contributed by atoms with Gasteiger partial charge in [0, 0.05) is 41.8 Å². The van der Waals surface area contributed by atoms with Crippen molar-refractivity contribution in [1.82, 2.24) is 14.9 Å². The molecular formula is C22H23N3OS. The summed E-state index contributed by atoms with van der Waals surface area (Å²) in [4.78, 5) is 25.4. The fourth-order valence-corrected chi connectivity index (χ4v) is 4.78. The first-order valence-corrected chi connectivity index (χ1v) is 10.3. The molecule has 0 saturated carbocycles. The van der Waals surface area contributed by atoms with Gasteiger partial charge in [0.1, 0.15) is 5.01 Å². The zero-order valence-electron chi connectivity index (χ0n) is 15.5. The Labute approximate surface area is 163 Å². The van der Waals surface area contributed by atoms with Crippen molar-refractivity contribution in [2.75, 3.05) is 6.54 Å². The van der Waals surface area contributed by atoms with Crippen molar-refractivity contribution in [2.45, 2.75) is 32.7 Å². The minimum atomic E-state index is 0.0587. The summed E-state index contributed by atoms with van der Waals surface area (Å²) in [5, 5.41) is 1.01. The topological polar surface area (TPSA) is 46.1 Å². The monoisotopic (exact) mass is 377 g/mol. The van der Waals surface area contributed by atoms with E-state index in [9.17, 15) is 4.79 Å². The van der Waals surface area contributed by atoms with E-state index in [1.165, 1.54) is 10.4 Å². The van der Waals surface area contributed by atoms with Crippen LogP contribution in [0.3, 0.4) is 0 Å². The van der Waals surface area contributed by atoms with E-state index in [0.717, 1.165) is 42.1 Å². The number of amides is 1. The number of nitrogens with zero attached hydrogens (tertiary/aromatic N) is 3. The quantitative estimate of drug-likeness (QED) is 0.664. The predicted octanol–water partition coefficient (Wildman–Crippen LogP) is 4.36. The third-order valence-corrected chi connectivity index (χ3v) is 6.28. The number of hydrogen-bond acceptors (Lipinski definition) is 4. The van der Waals surface area contributed by atoms with E-state index in [-0.39, 0.29) is 11.8 Å². The SMILES string of the molecule is CCN(Cc1ccccc1)C(=O)C1CCc2nc(-c3cccnc3)sc2C1. The molecule has 1 aliphatic carbocycles. The number of fused-ring (bicyclic) bond motifs is 1. The number of benzene rings is 1. The maximum atomic E-state index is 13.1. The zero-order chi connectivity index (χ0) is 18.6. The number of aryl methyl sites for hydroxylation is 1. The number of hydrogen-bond donors (Lipinski definition) is 0. The summed E-state index contributed by atoms with van der Waals surface area (Å²) < 4.78 is 0. The molecule has 1 aliphatic rings. The van der Waals surface area contributed by atoms with Gasteiger partial charge in [0.15, 0.2) is 0 Å². The normalized spacial score (nSPS) is 16.0. The van der Waals surface area contributed by atoms with Crippen LogP contribution in [0.2, 0.25) is 0 Å². The van der Waals surface area contributed by atoms with E-state index in [4.69, 9.17) is 4.98 Å². The molecule has 5 heteroatoms. The minimum absolute atomic E-state index is 0.0587. The molecule has 1 amide bonds. The number of carbonyl (C=O) groups is 1. The molecule has 2 heterocycles. The second-order valence-electron chi connectivity index (χ2n) is 6.91. The van der Waals surface area contributed by atoms with Gasteiger partial charge in [-0.25, -0.2) is 4.98 Å². The molecule has 1 unspecified atom stereocenters. The smallest absolute Gasteiger partial charge is 0.226 e. The Morgan fingerprint density at radius 1 is 1.22 bits per heavy atom. The Morgan fingerprint density at radius 2 is 2.07 bits per heavy atom. The van der Waals surface area contributed by atoms with Gasteiger partial charge in [-0.05, 0) is 43.9 Å². The maximum absolute atomic E-state index is 13.1. The van der Waals surface area contributed by atoms with E-state index in [0.29, 0.717) is 6.54 Å². The molecule has 1 aromatic carbocycles. The lowest BCUT2D eigenvalue weighted by Gasteiger charge is -2.28. The molecule has 3 aromatic rings. The highest BCUT2D eigenvalue weighted by molar-refractivity contribution is 7.15. The highest BCUT2D eigenvalue weighted by atomic mass is 32.1. The molecule has 0 spiro atoms. The van der Waals surface area contributed by atoms with E-state index >= 15 is 0 Å². The Bertz CT molecular complexity index is 908. The van der Waals surface area contributed by atoms with Crippen molar-refractivity contribution < 1.29 is 4.79 Å². The zero-order valence-corrected chi connectivity index (χ0v) is 16.3. The Morgan fingerprint density at radius 3 is 2.81 bits per heavy atom. The van der Waals surface area contributed by atoms with Gasteiger partial charge in [0.25, 0.3) is 0 Å². The second kappa shape index (κ2) is 8.01. The number of thiazole rings is 1. The van der Waals surface area contributed by atoms with E-state index in [1.54, 1.807) is 17.5 Å². The van der Waals surface area contributed by atoms with Gasteiger partial charge in [-0.1, -0.05) is 30.3 Å². The molecule has 0 N–H and O–H groups in total. The first-order valence-electron chi connectivity index (χ1n) is 9.46. The van der Waals surface area contributed by atoms with Crippen LogP contribution < -0.4 is 0 Å². The lowest BCUT2D eigenvalue weighted by molar-refractivity contribution is -0.136. The lowest BCUT2D eigenvalue weighted by atomic mass is 9.90. The van der Waals surface area contributed by atoms with Crippen molar-refractivity contribution >= 4 is 17.2 Å². The minimum Gasteiger partial charge on any atom is -0.338 e. The summed E-state index contributed by atoms with van der Waals surface area (Å²) in [5.74, 6) is 0.326. The summed E-state index contributed by atoms with van der Waals surface area (Å²) >= 11 is 1.71. The third-order valence-electron chi connectivity index (χ3n) is 5.11. The highest BCUT2D eigenvalue weighted by Crippen LogP contribution is 2.35. The molecule has 0 fully saturated rings. The molecule has 4 rings (SSSR count). The summed E-state index contributed by atoms with van der Waals surface area (Å²) in [6.45, 7) is 3.48. The van der Waals surface area contributed by atoms with Crippen LogP contribution in [0.4, 0.5) is 0 Å². The van der Waals surface area contributed by atoms with E-state index in [2.05, 4.69) is 24.0 Å². The molecule has 0 saturated heterocycles. The second-order valence-corrected chi connectivity index (χ2v) is 7.99. The van der Waals surface area contributed by atoms with Crippen LogP contribution >= 0.6 is 11.3 Å². The van der Waals surface area contributed by atoms with Crippen LogP contribution in [0.15, 0.2) is 54.9 Å². The first-order chi connectivity index (χ1) is 13.2. The van der Waals surface area contributed by atoms with Crippen LogP contribution in [-0.4, -0.2) is 27.3 Å². The van der Waals surface area contributed by atoms with Crippen molar-refractivity contribution in [3.8, 4) is 10.6 Å². The van der Waals surface area contributed by atoms with Crippen molar-refractivity contribution in [3.63, 3.8) is 0 Å². The van der Waals surface area contributed by atoms with Gasteiger partial charge in [-0.15, -0.1) is 11.3 Å². The third kappa shape index (κ3) is 3.93. The van der Waals surface area contributed by atoms with Crippen molar-refractivity contribution in [2.24, 2.45) is 5.92 Å². The molecule has 0 aliphatic heterocycles. The van der Waals surface area contributed by atoms with Crippen LogP contribution in [0.1, 0.15) is 29.5 Å². The number of pyridine rings is 1. The fraction of sp³-hybridized carbons (Fsp3) is 0.318. The predicted molar refractivity (Wildman–Crippen MR) is 108 cm³/mol. The number of aromatic nitrogens is 2. The van der Waals surface area contributed by atoms with Gasteiger partial charge in [0.2, 0.25) is 5.91 Å². The average Bonchev–Trinajstić information content (AvgIpc) is 3.16. The number of rotatable bonds is 5. The van der Waals surface area contributed by atoms with Crippen LogP contribution in [-0.2, 0) is 24.2 Å². The molecule has 0 radical (unpaired) electrons. The molecule has 4 nitrogen and oxygen atoms in total. The Balaban J connectivity index is 1.48. The van der Waals surface area contributed by atoms with Crippen molar-refractivity contribution in [1.29, 1.82) is 0 Å². The first kappa shape index (κ1) is 17.9. The fourth-order valence-electron chi connectivity index (χ4n) is 3.61. The number of carbonyl (C=O) groups excluding carboxylic acids is 1. The molecule has 2 aromatic heterocycles. The van der Waals surface area contributed by atoms with Crippen LogP contribution in [0.5, 0.6) is 0 Å². The van der Waals surface area contributed by atoms with E-state index < -0.39 is 0 Å². The summed E-state index contributed by atoms with van der Waals surface area (Å²) in [6, 6.07) is 14.2. The van der Waals surface area contributed by atoms with Crippen molar-refractivity contribution in [3.05, 3.63) is 71.0 Å². The van der Waals surface area contributed by atoms with Crippen LogP contribution in [0.25, 0.3) is 10.6 Å². The average molecular weight is 378 g/mol.